The smallest absolute Gasteiger partial charge is 0.246 e. The summed E-state index contributed by atoms with van der Waals surface area (Å²) in [7, 11) is 1.59. The number of benzene rings is 3. The third-order valence-electron chi connectivity index (χ3n) is 6.12. The van der Waals surface area contributed by atoms with E-state index in [0.29, 0.717) is 22.6 Å². The highest BCUT2D eigenvalue weighted by Crippen LogP contribution is 2.61. The summed E-state index contributed by atoms with van der Waals surface area (Å²) in [4.78, 5) is 27.7. The molecule has 0 unspecified atom stereocenters. The van der Waals surface area contributed by atoms with Gasteiger partial charge in [-0.3, -0.25) is 9.59 Å². The van der Waals surface area contributed by atoms with E-state index < -0.39 is 4.75 Å². The average Bonchev–Trinajstić information content (AvgIpc) is 3.11. The zero-order chi connectivity index (χ0) is 23.2. The van der Waals surface area contributed by atoms with Gasteiger partial charge in [-0.2, -0.15) is 0 Å². The molecule has 3 aromatic carbocycles. The Kier molecular flexibility index (Phi) is 5.97. The van der Waals surface area contributed by atoms with Gasteiger partial charge in [0.2, 0.25) is 5.91 Å². The van der Waals surface area contributed by atoms with Crippen LogP contribution in [0.5, 0.6) is 5.75 Å². The van der Waals surface area contributed by atoms with E-state index in [2.05, 4.69) is 37.2 Å². The van der Waals surface area contributed by atoms with Crippen LogP contribution in [0.2, 0.25) is 0 Å². The highest BCUT2D eigenvalue weighted by Gasteiger charge is 2.56. The van der Waals surface area contributed by atoms with E-state index in [9.17, 15) is 9.59 Å². The van der Waals surface area contributed by atoms with Gasteiger partial charge >= 0.3 is 0 Å². The maximum atomic E-state index is 13.7. The van der Waals surface area contributed by atoms with E-state index in [0.717, 1.165) is 25.8 Å². The number of rotatable bonds is 4. The van der Waals surface area contributed by atoms with Crippen LogP contribution < -0.4 is 10.1 Å². The van der Waals surface area contributed by atoms with Crippen LogP contribution in [0, 0.1) is 0 Å². The molecule has 2 aliphatic heterocycles. The minimum Gasteiger partial charge on any atom is -0.497 e. The van der Waals surface area contributed by atoms with Crippen molar-refractivity contribution in [1.82, 2.24) is 0 Å². The van der Waals surface area contributed by atoms with Crippen LogP contribution >= 0.6 is 43.6 Å². The van der Waals surface area contributed by atoms with Crippen LogP contribution in [0.1, 0.15) is 33.8 Å². The number of hydrogen-bond donors (Lipinski definition) is 1. The molecule has 0 bridgehead atoms. The minimum absolute atomic E-state index is 0.0930. The largest absolute Gasteiger partial charge is 0.497 e. The molecule has 1 spiro atoms. The fraction of sp³-hybridized carbons (Fsp3) is 0.154. The van der Waals surface area contributed by atoms with Crippen molar-refractivity contribution < 1.29 is 14.3 Å². The van der Waals surface area contributed by atoms with Gasteiger partial charge < -0.3 is 10.1 Å². The Bertz CT molecular complexity index is 1290. The molecule has 1 N–H and O–H groups in total. The van der Waals surface area contributed by atoms with E-state index in [1.54, 1.807) is 31.4 Å². The zero-order valence-electron chi connectivity index (χ0n) is 17.6. The highest BCUT2D eigenvalue weighted by atomic mass is 79.9. The molecule has 166 valence electrons. The molecule has 2 heterocycles. The van der Waals surface area contributed by atoms with E-state index in [-0.39, 0.29) is 17.6 Å². The SMILES string of the molecule is COc1ccc(C(=O)C2=CC[C@@H](c3ccc(Br)cc3)[C@@]3(S2)C(=O)Nc2cccc(Br)c23)cc1. The van der Waals surface area contributed by atoms with E-state index in [1.165, 1.54) is 11.8 Å². The van der Waals surface area contributed by atoms with Gasteiger partial charge in [0.05, 0.1) is 12.0 Å². The summed E-state index contributed by atoms with van der Waals surface area (Å²) in [6.45, 7) is 0. The first-order valence-corrected chi connectivity index (χ1v) is 12.8. The van der Waals surface area contributed by atoms with Gasteiger partial charge in [-0.25, -0.2) is 0 Å². The maximum absolute atomic E-state index is 13.7. The molecule has 7 heteroatoms. The lowest BCUT2D eigenvalue weighted by Gasteiger charge is -2.39. The Morgan fingerprint density at radius 2 is 1.79 bits per heavy atom. The van der Waals surface area contributed by atoms with Gasteiger partial charge in [0, 0.05) is 31.7 Å². The quantitative estimate of drug-likeness (QED) is 0.334. The van der Waals surface area contributed by atoms with Crippen LogP contribution in [0.3, 0.4) is 0 Å². The molecule has 0 aliphatic carbocycles. The molecular formula is C26H19Br2NO3S. The third-order valence-corrected chi connectivity index (χ3v) is 8.88. The van der Waals surface area contributed by atoms with Crippen molar-refractivity contribution >= 4 is 61.0 Å². The van der Waals surface area contributed by atoms with Crippen LogP contribution in [-0.2, 0) is 9.54 Å². The van der Waals surface area contributed by atoms with Gasteiger partial charge in [-0.15, -0.1) is 0 Å². The second kappa shape index (κ2) is 8.78. The molecule has 2 atom stereocenters. The first kappa shape index (κ1) is 22.4. The molecule has 0 radical (unpaired) electrons. The monoisotopic (exact) mass is 583 g/mol. The van der Waals surface area contributed by atoms with Crippen molar-refractivity contribution in [2.75, 3.05) is 12.4 Å². The third kappa shape index (κ3) is 3.76. The van der Waals surface area contributed by atoms with Crippen molar-refractivity contribution in [3.63, 3.8) is 0 Å². The first-order chi connectivity index (χ1) is 15.9. The molecule has 4 nitrogen and oxygen atoms in total. The first-order valence-electron chi connectivity index (χ1n) is 10.4. The Labute approximate surface area is 213 Å². The van der Waals surface area contributed by atoms with Gasteiger partial charge in [0.1, 0.15) is 10.5 Å². The molecule has 3 aromatic rings. The summed E-state index contributed by atoms with van der Waals surface area (Å²) in [5, 5.41) is 3.07. The van der Waals surface area contributed by atoms with E-state index >= 15 is 0 Å². The summed E-state index contributed by atoms with van der Waals surface area (Å²) in [5.74, 6) is 0.361. The Morgan fingerprint density at radius 3 is 2.48 bits per heavy atom. The molecule has 5 rings (SSSR count). The Hall–Kier alpha value is -2.35. The van der Waals surface area contributed by atoms with Gasteiger partial charge in [0.15, 0.2) is 5.78 Å². The number of carbonyl (C=O) groups excluding carboxylic acids is 2. The number of fused-ring (bicyclic) bond motifs is 2. The maximum Gasteiger partial charge on any atom is 0.246 e. The van der Waals surface area contributed by atoms with E-state index in [4.69, 9.17) is 4.74 Å². The fourth-order valence-corrected chi connectivity index (χ4v) is 7.18. The molecule has 1 amide bonds. The molecular weight excluding hydrogens is 566 g/mol. The number of ether oxygens (including phenoxy) is 1. The number of nitrogens with one attached hydrogen (secondary N) is 1. The number of thioether (sulfide) groups is 1. The zero-order valence-corrected chi connectivity index (χ0v) is 21.6. The average molecular weight is 585 g/mol. The summed E-state index contributed by atoms with van der Waals surface area (Å²) < 4.78 is 6.08. The van der Waals surface area contributed by atoms with Crippen molar-refractivity contribution in [3.8, 4) is 5.75 Å². The van der Waals surface area contributed by atoms with Crippen LogP contribution in [-0.4, -0.2) is 18.8 Å². The molecule has 0 aromatic heterocycles. The number of allylic oxidation sites excluding steroid dienone is 2. The number of hydrogen-bond acceptors (Lipinski definition) is 4. The normalized spacial score (nSPS) is 21.4. The standard InChI is InChI=1S/C26H19Br2NO3S/c1-32-18-11-7-16(8-12-18)24(30)22-14-13-19(15-5-9-17(27)10-6-15)26(33-22)23-20(28)3-2-4-21(23)29-25(26)31/h2-12,14,19H,13H2,1H3,(H,29,31)/t19-,26-/m0/s1. The van der Waals surface area contributed by atoms with Gasteiger partial charge in [-0.05, 0) is 60.5 Å². The summed E-state index contributed by atoms with van der Waals surface area (Å²) in [6, 6.07) is 20.9. The molecule has 0 saturated carbocycles. The topological polar surface area (TPSA) is 55.4 Å². The number of ketones is 1. The number of carbonyl (C=O) groups is 2. The van der Waals surface area contributed by atoms with Gasteiger partial charge in [-0.1, -0.05) is 67.9 Å². The van der Waals surface area contributed by atoms with Gasteiger partial charge in [0.25, 0.3) is 0 Å². The summed E-state index contributed by atoms with van der Waals surface area (Å²) in [6.07, 6.45) is 2.54. The lowest BCUT2D eigenvalue weighted by atomic mass is 9.78. The Morgan fingerprint density at radius 1 is 1.06 bits per heavy atom. The molecule has 2 aliphatic rings. The minimum atomic E-state index is -0.963. The van der Waals surface area contributed by atoms with Crippen LogP contribution in [0.4, 0.5) is 5.69 Å². The van der Waals surface area contributed by atoms with Crippen molar-refractivity contribution in [2.45, 2.75) is 17.1 Å². The van der Waals surface area contributed by atoms with Crippen molar-refractivity contribution in [2.24, 2.45) is 0 Å². The number of halogens is 2. The number of anilines is 1. The number of amides is 1. The van der Waals surface area contributed by atoms with Crippen LogP contribution in [0.15, 0.2) is 86.7 Å². The summed E-state index contributed by atoms with van der Waals surface area (Å²) >= 11 is 8.54. The number of Topliss-reactive ketones (excluding diaryl/α,β-unsaturated/α-hetero) is 1. The molecule has 33 heavy (non-hydrogen) atoms. The lowest BCUT2D eigenvalue weighted by Crippen LogP contribution is -2.40. The molecule has 0 saturated heterocycles. The van der Waals surface area contributed by atoms with Crippen molar-refractivity contribution in [3.05, 3.63) is 103 Å². The highest BCUT2D eigenvalue weighted by molar-refractivity contribution is 9.10. The second-order valence-corrected chi connectivity index (χ2v) is 11.0. The van der Waals surface area contributed by atoms with Crippen LogP contribution in [0.25, 0.3) is 0 Å². The van der Waals surface area contributed by atoms with Crippen molar-refractivity contribution in [1.29, 1.82) is 0 Å². The lowest BCUT2D eigenvalue weighted by molar-refractivity contribution is -0.118. The Balaban J connectivity index is 1.63. The predicted octanol–water partition coefficient (Wildman–Crippen LogP) is 7.06. The predicted molar refractivity (Wildman–Crippen MR) is 139 cm³/mol. The fourth-order valence-electron chi connectivity index (χ4n) is 4.53. The number of methoxy groups -OCH3 is 1. The van der Waals surface area contributed by atoms with E-state index in [1.807, 2.05) is 48.5 Å². The molecule has 0 fully saturated rings. The summed E-state index contributed by atoms with van der Waals surface area (Å²) in [5.41, 5.74) is 3.29. The second-order valence-electron chi connectivity index (χ2n) is 7.92.